The molecule has 1 N–H and O–H groups in total. The van der Waals surface area contributed by atoms with Gasteiger partial charge in [-0.05, 0) is 55.5 Å². The highest BCUT2D eigenvalue weighted by molar-refractivity contribution is 7.10. The van der Waals surface area contributed by atoms with E-state index in [1.165, 1.54) is 29.7 Å². The van der Waals surface area contributed by atoms with Crippen molar-refractivity contribution >= 4 is 22.9 Å². The summed E-state index contributed by atoms with van der Waals surface area (Å²) in [6.07, 6.45) is 4.00. The molecule has 1 saturated carbocycles. The first-order valence-corrected chi connectivity index (χ1v) is 8.21. The molecule has 4 unspecified atom stereocenters. The van der Waals surface area contributed by atoms with Crippen LogP contribution < -0.4 is 5.32 Å². The van der Waals surface area contributed by atoms with E-state index in [1.807, 2.05) is 11.3 Å². The summed E-state index contributed by atoms with van der Waals surface area (Å²) in [7, 11) is 2.07. The molecular weight excluding hydrogens is 262 g/mol. The minimum absolute atomic E-state index is 0.436. The molecule has 0 saturated heterocycles. The first-order chi connectivity index (χ1) is 8.54. The van der Waals surface area contributed by atoms with Crippen LogP contribution >= 0.6 is 22.9 Å². The average Bonchev–Trinajstić information content (AvgIpc) is 2.67. The van der Waals surface area contributed by atoms with E-state index in [4.69, 9.17) is 11.6 Å². The maximum absolute atomic E-state index is 6.44. The fraction of sp³-hybridized carbons (Fsp3) is 0.733. The lowest BCUT2D eigenvalue weighted by Crippen LogP contribution is -2.31. The molecule has 1 heterocycles. The highest BCUT2D eigenvalue weighted by Crippen LogP contribution is 2.43. The van der Waals surface area contributed by atoms with Crippen LogP contribution in [0.2, 0.25) is 5.02 Å². The average molecular weight is 286 g/mol. The third-order valence-electron chi connectivity index (χ3n) is 4.63. The third-order valence-corrected chi connectivity index (χ3v) is 6.43. The van der Waals surface area contributed by atoms with Gasteiger partial charge in [-0.3, -0.25) is 0 Å². The Morgan fingerprint density at radius 1 is 1.33 bits per heavy atom. The van der Waals surface area contributed by atoms with E-state index in [9.17, 15) is 0 Å². The SMILES string of the molecule is CNC(c1scc(C)c1Cl)C1CCC(C)C(C)C1. The third kappa shape index (κ3) is 2.76. The Kier molecular flexibility index (Phi) is 4.74. The van der Waals surface area contributed by atoms with Crippen LogP contribution in [-0.4, -0.2) is 7.05 Å². The maximum atomic E-state index is 6.44. The van der Waals surface area contributed by atoms with Gasteiger partial charge in [-0.25, -0.2) is 0 Å². The van der Waals surface area contributed by atoms with E-state index in [1.54, 1.807) is 0 Å². The van der Waals surface area contributed by atoms with Gasteiger partial charge in [-0.15, -0.1) is 11.3 Å². The molecule has 2 rings (SSSR count). The predicted molar refractivity (Wildman–Crippen MR) is 81.5 cm³/mol. The standard InChI is InChI=1S/C15H24ClNS/c1-9-5-6-12(7-10(9)2)14(17-4)15-13(16)11(3)8-18-15/h8-10,12,14,17H,5-7H2,1-4H3. The van der Waals surface area contributed by atoms with Gasteiger partial charge < -0.3 is 5.32 Å². The van der Waals surface area contributed by atoms with Crippen LogP contribution in [-0.2, 0) is 0 Å². The molecule has 0 spiro atoms. The minimum atomic E-state index is 0.436. The number of nitrogens with one attached hydrogen (secondary N) is 1. The van der Waals surface area contributed by atoms with Crippen LogP contribution in [0.1, 0.15) is 49.6 Å². The van der Waals surface area contributed by atoms with Gasteiger partial charge in [0.1, 0.15) is 0 Å². The normalized spacial score (nSPS) is 30.4. The lowest BCUT2D eigenvalue weighted by Gasteiger charge is -2.36. The van der Waals surface area contributed by atoms with Crippen molar-refractivity contribution in [2.24, 2.45) is 17.8 Å². The second kappa shape index (κ2) is 5.94. The maximum Gasteiger partial charge on any atom is 0.0590 e. The number of thiophene rings is 1. The van der Waals surface area contributed by atoms with Crippen LogP contribution in [0.3, 0.4) is 0 Å². The molecule has 0 amide bonds. The van der Waals surface area contributed by atoms with Crippen LogP contribution in [0.15, 0.2) is 5.38 Å². The van der Waals surface area contributed by atoms with Crippen molar-refractivity contribution in [3.63, 3.8) is 0 Å². The van der Waals surface area contributed by atoms with Crippen molar-refractivity contribution < 1.29 is 0 Å². The van der Waals surface area contributed by atoms with Crippen molar-refractivity contribution in [1.29, 1.82) is 0 Å². The molecule has 4 atom stereocenters. The molecule has 18 heavy (non-hydrogen) atoms. The summed E-state index contributed by atoms with van der Waals surface area (Å²) in [5.41, 5.74) is 1.22. The second-order valence-corrected chi connectivity index (χ2v) is 7.18. The van der Waals surface area contributed by atoms with Crippen molar-refractivity contribution in [1.82, 2.24) is 5.32 Å². The molecule has 1 aliphatic rings. The molecule has 1 aromatic rings. The van der Waals surface area contributed by atoms with Gasteiger partial charge in [0, 0.05) is 10.9 Å². The monoisotopic (exact) mass is 285 g/mol. The Bertz CT molecular complexity index is 401. The Labute approximate surface area is 120 Å². The molecular formula is C15H24ClNS. The van der Waals surface area contributed by atoms with E-state index in [0.29, 0.717) is 6.04 Å². The quantitative estimate of drug-likeness (QED) is 0.820. The number of hydrogen-bond acceptors (Lipinski definition) is 2. The van der Waals surface area contributed by atoms with Gasteiger partial charge in [-0.1, -0.05) is 31.9 Å². The van der Waals surface area contributed by atoms with Gasteiger partial charge in [0.25, 0.3) is 0 Å². The van der Waals surface area contributed by atoms with E-state index >= 15 is 0 Å². The fourth-order valence-corrected chi connectivity index (χ4v) is 4.65. The Hall–Kier alpha value is -0.0500. The van der Waals surface area contributed by atoms with Crippen molar-refractivity contribution in [3.8, 4) is 0 Å². The fourth-order valence-electron chi connectivity index (χ4n) is 3.13. The second-order valence-electron chi connectivity index (χ2n) is 5.89. The lowest BCUT2D eigenvalue weighted by atomic mass is 9.73. The summed E-state index contributed by atoms with van der Waals surface area (Å²) in [6, 6.07) is 0.436. The topological polar surface area (TPSA) is 12.0 Å². The van der Waals surface area contributed by atoms with Crippen LogP contribution in [0, 0.1) is 24.7 Å². The molecule has 0 aliphatic heterocycles. The zero-order valence-corrected chi connectivity index (χ0v) is 13.4. The van der Waals surface area contributed by atoms with Crippen molar-refractivity contribution in [2.45, 2.75) is 46.1 Å². The van der Waals surface area contributed by atoms with E-state index in [0.717, 1.165) is 22.8 Å². The van der Waals surface area contributed by atoms with Gasteiger partial charge in [-0.2, -0.15) is 0 Å². The highest BCUT2D eigenvalue weighted by Gasteiger charge is 2.32. The van der Waals surface area contributed by atoms with Crippen molar-refractivity contribution in [2.75, 3.05) is 7.05 Å². The largest absolute Gasteiger partial charge is 0.312 e. The van der Waals surface area contributed by atoms with Crippen LogP contribution in [0.5, 0.6) is 0 Å². The zero-order chi connectivity index (χ0) is 13.3. The van der Waals surface area contributed by atoms with Gasteiger partial charge in [0.15, 0.2) is 0 Å². The van der Waals surface area contributed by atoms with Gasteiger partial charge >= 0.3 is 0 Å². The summed E-state index contributed by atoms with van der Waals surface area (Å²) in [5.74, 6) is 2.44. The van der Waals surface area contributed by atoms with Crippen molar-refractivity contribution in [3.05, 3.63) is 20.8 Å². The Balaban J connectivity index is 2.16. The molecule has 1 nitrogen and oxygen atoms in total. The number of hydrogen-bond donors (Lipinski definition) is 1. The van der Waals surface area contributed by atoms with Gasteiger partial charge in [0.05, 0.1) is 5.02 Å². The molecule has 1 aliphatic carbocycles. The number of halogens is 1. The van der Waals surface area contributed by atoms with Crippen LogP contribution in [0.4, 0.5) is 0 Å². The van der Waals surface area contributed by atoms with E-state index in [2.05, 4.69) is 38.5 Å². The summed E-state index contributed by atoms with van der Waals surface area (Å²) in [4.78, 5) is 1.34. The lowest BCUT2D eigenvalue weighted by molar-refractivity contribution is 0.176. The molecule has 102 valence electrons. The zero-order valence-electron chi connectivity index (χ0n) is 11.8. The van der Waals surface area contributed by atoms with E-state index in [-0.39, 0.29) is 0 Å². The first-order valence-electron chi connectivity index (χ1n) is 6.95. The summed E-state index contributed by atoms with van der Waals surface area (Å²) in [5, 5.41) is 6.66. The molecule has 1 aromatic heterocycles. The minimum Gasteiger partial charge on any atom is -0.312 e. The Morgan fingerprint density at radius 2 is 2.06 bits per heavy atom. The summed E-state index contributed by atoms with van der Waals surface area (Å²) >= 11 is 8.25. The predicted octanol–water partition coefficient (Wildman–Crippen LogP) is 5.04. The Morgan fingerprint density at radius 3 is 2.56 bits per heavy atom. The molecule has 3 heteroatoms. The molecule has 0 aromatic carbocycles. The summed E-state index contributed by atoms with van der Waals surface area (Å²) in [6.45, 7) is 6.88. The van der Waals surface area contributed by atoms with Gasteiger partial charge in [0.2, 0.25) is 0 Å². The number of aryl methyl sites for hydroxylation is 1. The first kappa shape index (κ1) is 14.4. The smallest absolute Gasteiger partial charge is 0.0590 e. The highest BCUT2D eigenvalue weighted by atomic mass is 35.5. The summed E-state index contributed by atoms with van der Waals surface area (Å²) < 4.78 is 0. The number of rotatable bonds is 3. The molecule has 0 radical (unpaired) electrons. The molecule has 0 bridgehead atoms. The molecule has 1 fully saturated rings. The van der Waals surface area contributed by atoms with Crippen LogP contribution in [0.25, 0.3) is 0 Å². The van der Waals surface area contributed by atoms with E-state index < -0.39 is 0 Å².